The summed E-state index contributed by atoms with van der Waals surface area (Å²) in [4.78, 5) is 28.6. The third-order valence-electron chi connectivity index (χ3n) is 4.71. The molecule has 1 aliphatic rings. The molecule has 1 amide bonds. The Balaban J connectivity index is 0.00000300. The van der Waals surface area contributed by atoms with E-state index >= 15 is 0 Å². The quantitative estimate of drug-likeness (QED) is 0.268. The van der Waals surface area contributed by atoms with Gasteiger partial charge in [-0.3, -0.25) is 4.99 Å². The van der Waals surface area contributed by atoms with E-state index in [0.29, 0.717) is 19.7 Å². The van der Waals surface area contributed by atoms with Gasteiger partial charge < -0.3 is 24.8 Å². The smallest absolute Gasteiger partial charge is 0.409 e. The molecule has 3 rings (SSSR count). The monoisotopic (exact) mass is 514 g/mol. The lowest BCUT2D eigenvalue weighted by atomic mass is 10.3. The van der Waals surface area contributed by atoms with Crippen LogP contribution in [0.5, 0.6) is 0 Å². The number of nitrogens with one attached hydrogen (secondary N) is 2. The average Bonchev–Trinajstić information content (AvgIpc) is 3.13. The fraction of sp³-hybridized carbons (Fsp3) is 0.550. The molecule has 1 aromatic carbocycles. The van der Waals surface area contributed by atoms with E-state index in [2.05, 4.69) is 27.1 Å². The summed E-state index contributed by atoms with van der Waals surface area (Å²) in [6.07, 6.45) is 1.57. The predicted octanol–water partition coefficient (Wildman–Crippen LogP) is 2.85. The third-order valence-corrected chi connectivity index (χ3v) is 4.71. The lowest BCUT2D eigenvalue weighted by Gasteiger charge is -2.35. The third kappa shape index (κ3) is 6.48. The summed E-state index contributed by atoms with van der Waals surface area (Å²) in [6.45, 7) is 8.69. The van der Waals surface area contributed by atoms with Gasteiger partial charge >= 0.3 is 6.09 Å². The molecular weight excluding hydrogens is 483 g/mol. The Bertz CT molecular complexity index is 768. The van der Waals surface area contributed by atoms with Crippen molar-refractivity contribution in [2.75, 3.05) is 45.9 Å². The van der Waals surface area contributed by atoms with E-state index in [0.717, 1.165) is 61.8 Å². The number of hydrogen-bond acceptors (Lipinski definition) is 4. The molecule has 0 unspecified atom stereocenters. The maximum atomic E-state index is 11.8. The molecule has 1 aromatic heterocycles. The molecule has 8 nitrogen and oxygen atoms in total. The molecule has 0 aliphatic carbocycles. The number of guanidine groups is 1. The highest BCUT2D eigenvalue weighted by Gasteiger charge is 2.23. The van der Waals surface area contributed by atoms with E-state index in [1.807, 2.05) is 31.2 Å². The molecule has 2 aromatic rings. The summed E-state index contributed by atoms with van der Waals surface area (Å²) in [6, 6.07) is 8.08. The Morgan fingerprint density at radius 1 is 1.21 bits per heavy atom. The molecule has 0 bridgehead atoms. The number of para-hydroxylation sites is 2. The fourth-order valence-electron chi connectivity index (χ4n) is 3.30. The molecule has 9 heteroatoms. The lowest BCUT2D eigenvalue weighted by Crippen LogP contribution is -2.53. The van der Waals surface area contributed by atoms with Crippen LogP contribution in [0, 0.1) is 0 Å². The number of piperazine rings is 1. The van der Waals surface area contributed by atoms with Crippen LogP contribution in [0.3, 0.4) is 0 Å². The van der Waals surface area contributed by atoms with Crippen LogP contribution >= 0.6 is 24.0 Å². The summed E-state index contributed by atoms with van der Waals surface area (Å²) in [5.41, 5.74) is 2.09. The summed E-state index contributed by atoms with van der Waals surface area (Å²) in [5, 5.41) is 3.36. The Morgan fingerprint density at radius 2 is 1.93 bits per heavy atom. The van der Waals surface area contributed by atoms with Crippen molar-refractivity contribution in [3.8, 4) is 0 Å². The van der Waals surface area contributed by atoms with E-state index < -0.39 is 0 Å². The number of H-pyrrole nitrogens is 1. The molecule has 2 N–H and O–H groups in total. The number of aryl methyl sites for hydroxylation is 1. The van der Waals surface area contributed by atoms with E-state index in [4.69, 9.17) is 9.73 Å². The number of halogens is 1. The zero-order chi connectivity index (χ0) is 19.8. The van der Waals surface area contributed by atoms with Crippen molar-refractivity contribution in [2.24, 2.45) is 4.99 Å². The van der Waals surface area contributed by atoms with E-state index in [9.17, 15) is 4.79 Å². The van der Waals surface area contributed by atoms with Gasteiger partial charge in [0.25, 0.3) is 0 Å². The summed E-state index contributed by atoms with van der Waals surface area (Å²) < 4.78 is 5.08. The minimum Gasteiger partial charge on any atom is -0.450 e. The minimum atomic E-state index is -0.227. The zero-order valence-electron chi connectivity index (χ0n) is 17.2. The molecule has 1 saturated heterocycles. The van der Waals surface area contributed by atoms with Crippen LogP contribution in [0.25, 0.3) is 11.0 Å². The number of imidazole rings is 1. The first kappa shape index (κ1) is 23.2. The molecular formula is C20H31IN6O2. The van der Waals surface area contributed by atoms with Gasteiger partial charge in [0.15, 0.2) is 5.96 Å². The molecule has 0 radical (unpaired) electrons. The standard InChI is InChI=1S/C20H30N6O2.HI/c1-3-21-19(25-12-14-26(15-13-25)20(27)28-4-2)22-11-7-10-18-23-16-8-5-6-9-17(16)24-18;/h5-6,8-9H,3-4,7,10-15H2,1-2H3,(H,21,22)(H,23,24);1H. The molecule has 1 aliphatic heterocycles. The largest absolute Gasteiger partial charge is 0.450 e. The minimum absolute atomic E-state index is 0. The first-order chi connectivity index (χ1) is 13.7. The van der Waals surface area contributed by atoms with Crippen LogP contribution in [0.4, 0.5) is 4.79 Å². The molecule has 0 spiro atoms. The predicted molar refractivity (Wildman–Crippen MR) is 126 cm³/mol. The van der Waals surface area contributed by atoms with Gasteiger partial charge in [-0.05, 0) is 32.4 Å². The second-order valence-electron chi connectivity index (χ2n) is 6.71. The van der Waals surface area contributed by atoms with Gasteiger partial charge in [0.1, 0.15) is 5.82 Å². The number of aromatic amines is 1. The van der Waals surface area contributed by atoms with Crippen molar-refractivity contribution < 1.29 is 9.53 Å². The Morgan fingerprint density at radius 3 is 2.62 bits per heavy atom. The normalized spacial score (nSPS) is 14.6. The Kier molecular flexibility index (Phi) is 9.49. The maximum Gasteiger partial charge on any atom is 0.409 e. The van der Waals surface area contributed by atoms with Crippen LogP contribution in [0.15, 0.2) is 29.3 Å². The SMILES string of the molecule is CCNC(=NCCCc1nc2ccccc2[nH]1)N1CCN(C(=O)OCC)CC1.I. The number of aromatic nitrogens is 2. The molecule has 0 atom stereocenters. The van der Waals surface area contributed by atoms with Gasteiger partial charge in [0, 0.05) is 45.7 Å². The number of hydrogen-bond donors (Lipinski definition) is 2. The summed E-state index contributed by atoms with van der Waals surface area (Å²) >= 11 is 0. The van der Waals surface area contributed by atoms with Crippen LogP contribution < -0.4 is 5.32 Å². The lowest BCUT2D eigenvalue weighted by molar-refractivity contribution is 0.0914. The van der Waals surface area contributed by atoms with Gasteiger partial charge in [-0.25, -0.2) is 9.78 Å². The Hall–Kier alpha value is -2.04. The number of rotatable bonds is 6. The molecule has 160 valence electrons. The van der Waals surface area contributed by atoms with Crippen LogP contribution in [0.2, 0.25) is 0 Å². The van der Waals surface area contributed by atoms with Crippen LogP contribution in [-0.4, -0.2) is 77.7 Å². The number of ether oxygens (including phenoxy) is 1. The number of carbonyl (C=O) groups excluding carboxylic acids is 1. The highest BCUT2D eigenvalue weighted by atomic mass is 127. The second-order valence-corrected chi connectivity index (χ2v) is 6.71. The number of benzene rings is 1. The Labute approximate surface area is 189 Å². The van der Waals surface area contributed by atoms with Gasteiger partial charge in [0.2, 0.25) is 0 Å². The highest BCUT2D eigenvalue weighted by molar-refractivity contribution is 14.0. The second kappa shape index (κ2) is 11.8. The zero-order valence-corrected chi connectivity index (χ0v) is 19.5. The number of fused-ring (bicyclic) bond motifs is 1. The van der Waals surface area contributed by atoms with Crippen molar-refractivity contribution in [3.63, 3.8) is 0 Å². The van der Waals surface area contributed by atoms with E-state index in [1.54, 1.807) is 4.90 Å². The molecule has 2 heterocycles. The molecule has 0 saturated carbocycles. The summed E-state index contributed by atoms with van der Waals surface area (Å²) in [5.74, 6) is 1.92. The molecule has 29 heavy (non-hydrogen) atoms. The topological polar surface area (TPSA) is 85.9 Å². The van der Waals surface area contributed by atoms with E-state index in [-0.39, 0.29) is 30.1 Å². The van der Waals surface area contributed by atoms with Crippen LogP contribution in [0.1, 0.15) is 26.1 Å². The van der Waals surface area contributed by atoms with Crippen molar-refractivity contribution in [1.29, 1.82) is 0 Å². The number of nitrogens with zero attached hydrogens (tertiary/aromatic N) is 4. The van der Waals surface area contributed by atoms with Gasteiger partial charge in [-0.1, -0.05) is 12.1 Å². The van der Waals surface area contributed by atoms with Crippen LogP contribution in [-0.2, 0) is 11.2 Å². The number of carbonyl (C=O) groups is 1. The first-order valence-corrected chi connectivity index (χ1v) is 10.1. The van der Waals surface area contributed by atoms with Crippen molar-refractivity contribution >= 4 is 47.1 Å². The first-order valence-electron chi connectivity index (χ1n) is 10.1. The van der Waals surface area contributed by atoms with Crippen molar-refractivity contribution in [2.45, 2.75) is 26.7 Å². The maximum absolute atomic E-state index is 11.8. The van der Waals surface area contributed by atoms with Crippen molar-refractivity contribution in [3.05, 3.63) is 30.1 Å². The summed E-state index contributed by atoms with van der Waals surface area (Å²) in [7, 11) is 0. The fourth-order valence-corrected chi connectivity index (χ4v) is 3.30. The van der Waals surface area contributed by atoms with Gasteiger partial charge in [0.05, 0.1) is 17.6 Å². The average molecular weight is 514 g/mol. The van der Waals surface area contributed by atoms with E-state index in [1.165, 1.54) is 0 Å². The number of aliphatic imine (C=N–C) groups is 1. The number of amides is 1. The van der Waals surface area contributed by atoms with Crippen molar-refractivity contribution in [1.82, 2.24) is 25.1 Å². The molecule has 1 fully saturated rings. The van der Waals surface area contributed by atoms with Gasteiger partial charge in [-0.2, -0.15) is 0 Å². The van der Waals surface area contributed by atoms with Gasteiger partial charge in [-0.15, -0.1) is 24.0 Å². The highest BCUT2D eigenvalue weighted by Crippen LogP contribution is 2.11.